The molecule has 0 aliphatic rings. The average Bonchev–Trinajstić information content (AvgIpc) is 3.08. The van der Waals surface area contributed by atoms with Crippen LogP contribution >= 0.6 is 11.6 Å². The van der Waals surface area contributed by atoms with Crippen molar-refractivity contribution in [3.05, 3.63) is 65.3 Å². The van der Waals surface area contributed by atoms with Crippen LogP contribution in [-0.2, 0) is 6.54 Å². The topological polar surface area (TPSA) is 171 Å². The number of benzene rings is 1. The van der Waals surface area contributed by atoms with Crippen molar-refractivity contribution in [3.8, 4) is 6.07 Å². The van der Waals surface area contributed by atoms with Gasteiger partial charge in [0.05, 0.1) is 22.6 Å². The number of non-ortho nitro benzene ring substituents is 1. The van der Waals surface area contributed by atoms with Gasteiger partial charge in [-0.3, -0.25) is 14.9 Å². The molecule has 0 fully saturated rings. The van der Waals surface area contributed by atoms with E-state index in [0.29, 0.717) is 0 Å². The molecule has 0 spiro atoms. The number of nitriles is 1. The number of oxazole rings is 1. The molecule has 0 aliphatic carbocycles. The van der Waals surface area contributed by atoms with Crippen molar-refractivity contribution >= 4 is 34.2 Å². The van der Waals surface area contributed by atoms with Gasteiger partial charge in [0.25, 0.3) is 5.69 Å². The Morgan fingerprint density at radius 1 is 1.36 bits per heavy atom. The molecule has 0 saturated carbocycles. The molecule has 0 bridgehead atoms. The maximum Gasteiger partial charge on any atom is 0.395 e. The van der Waals surface area contributed by atoms with Crippen LogP contribution in [0.3, 0.4) is 0 Å². The first kappa shape index (κ1) is 18.9. The van der Waals surface area contributed by atoms with E-state index in [9.17, 15) is 30.3 Å². The fourth-order valence-electron chi connectivity index (χ4n) is 2.56. The molecule has 12 nitrogen and oxygen atoms in total. The number of hydrogen-bond acceptors (Lipinski definition) is 9. The monoisotopic (exact) mass is 404 g/mol. The van der Waals surface area contributed by atoms with Crippen LogP contribution in [0.1, 0.15) is 24.3 Å². The van der Waals surface area contributed by atoms with Gasteiger partial charge >= 0.3 is 11.4 Å². The first-order valence-electron chi connectivity index (χ1n) is 7.67. The van der Waals surface area contributed by atoms with E-state index >= 15 is 0 Å². The minimum atomic E-state index is -1.52. The highest BCUT2D eigenvalue weighted by molar-refractivity contribution is 6.31. The number of nitro groups is 2. The van der Waals surface area contributed by atoms with Gasteiger partial charge in [0.1, 0.15) is 16.1 Å². The summed E-state index contributed by atoms with van der Waals surface area (Å²) >= 11 is 6.03. The lowest BCUT2D eigenvalue weighted by Gasteiger charge is -2.08. The minimum Gasteiger partial charge on any atom is -0.439 e. The Bertz CT molecular complexity index is 1230. The molecule has 2 aromatic heterocycles. The predicted molar refractivity (Wildman–Crippen MR) is 94.0 cm³/mol. The molecule has 28 heavy (non-hydrogen) atoms. The number of fused-ring (bicyclic) bond motifs is 1. The number of aromatic nitrogens is 3. The zero-order valence-corrected chi connectivity index (χ0v) is 14.8. The quantitative estimate of drug-likeness (QED) is 0.457. The van der Waals surface area contributed by atoms with Gasteiger partial charge in [0.15, 0.2) is 11.5 Å². The molecular weight excluding hydrogens is 396 g/mol. The van der Waals surface area contributed by atoms with Crippen molar-refractivity contribution in [2.75, 3.05) is 0 Å². The molecule has 0 N–H and O–H groups in total. The summed E-state index contributed by atoms with van der Waals surface area (Å²) < 4.78 is 6.22. The Morgan fingerprint density at radius 3 is 2.64 bits per heavy atom. The lowest BCUT2D eigenvalue weighted by molar-refractivity contribution is -0.391. The molecule has 0 amide bonds. The third-order valence-electron chi connectivity index (χ3n) is 3.85. The van der Waals surface area contributed by atoms with E-state index in [-0.39, 0.29) is 29.2 Å². The van der Waals surface area contributed by atoms with Gasteiger partial charge in [-0.2, -0.15) is 5.26 Å². The Morgan fingerprint density at radius 2 is 2.07 bits per heavy atom. The second-order valence-electron chi connectivity index (χ2n) is 5.45. The summed E-state index contributed by atoms with van der Waals surface area (Å²) in [6, 6.07) is 5.35. The molecule has 1 aromatic carbocycles. The second kappa shape index (κ2) is 7.05. The number of nitro benzene ring substituents is 1. The van der Waals surface area contributed by atoms with E-state index in [1.165, 1.54) is 12.1 Å². The molecule has 2 heterocycles. The first-order chi connectivity index (χ1) is 13.3. The van der Waals surface area contributed by atoms with Crippen LogP contribution in [0.5, 0.6) is 0 Å². The number of nitrogens with zero attached hydrogens (tertiary/aromatic N) is 6. The third-order valence-corrected chi connectivity index (χ3v) is 4.22. The molecule has 13 heteroatoms. The number of halogens is 1. The van der Waals surface area contributed by atoms with Crippen molar-refractivity contribution in [2.24, 2.45) is 0 Å². The van der Waals surface area contributed by atoms with Crippen LogP contribution in [0.15, 0.2) is 27.4 Å². The summed E-state index contributed by atoms with van der Waals surface area (Å²) in [6.07, 6.45) is 0. The number of aryl methyl sites for hydroxylation is 1. The maximum absolute atomic E-state index is 12.2. The normalized spacial score (nSPS) is 11.9. The molecule has 142 valence electrons. The molecule has 0 aliphatic heterocycles. The summed E-state index contributed by atoms with van der Waals surface area (Å²) in [6.45, 7) is 1.58. The van der Waals surface area contributed by atoms with Gasteiger partial charge in [-0.15, -0.1) is 4.68 Å². The summed E-state index contributed by atoms with van der Waals surface area (Å²) in [4.78, 5) is 37.1. The molecule has 0 saturated heterocycles. The Hall–Kier alpha value is -3.85. The Labute approximate surface area is 159 Å². The van der Waals surface area contributed by atoms with Gasteiger partial charge in [0.2, 0.25) is 5.89 Å². The van der Waals surface area contributed by atoms with Gasteiger partial charge in [0, 0.05) is 12.1 Å². The van der Waals surface area contributed by atoms with Crippen molar-refractivity contribution < 1.29 is 14.3 Å². The first-order valence-corrected chi connectivity index (χ1v) is 8.05. The summed E-state index contributed by atoms with van der Waals surface area (Å²) in [5, 5.41) is 35.0. The van der Waals surface area contributed by atoms with E-state index in [1.54, 1.807) is 13.0 Å². The van der Waals surface area contributed by atoms with Crippen LogP contribution in [0, 0.1) is 31.6 Å². The van der Waals surface area contributed by atoms with Crippen LogP contribution in [0.25, 0.3) is 11.1 Å². The molecule has 0 radical (unpaired) electrons. The highest BCUT2D eigenvalue weighted by Gasteiger charge is 2.35. The molecular formula is C15H9ClN6O6. The van der Waals surface area contributed by atoms with Crippen molar-refractivity contribution in [2.45, 2.75) is 19.4 Å². The lowest BCUT2D eigenvalue weighted by atomic mass is 10.0. The zero-order chi connectivity index (χ0) is 20.6. The van der Waals surface area contributed by atoms with Gasteiger partial charge in [-0.1, -0.05) is 11.6 Å². The van der Waals surface area contributed by atoms with Gasteiger partial charge in [-0.05, 0) is 17.9 Å². The largest absolute Gasteiger partial charge is 0.439 e. The Balaban J connectivity index is 2.25. The SMILES string of the molecule is CCn1nc([N+](=O)[O-])c(C(C#N)c2nc3cc([N+](=O)[O-])ccc3o2)c(Cl)c1=O. The fourth-order valence-corrected chi connectivity index (χ4v) is 2.85. The zero-order valence-electron chi connectivity index (χ0n) is 14.0. The standard InChI is InChI=1S/C15H9ClN6O6/c1-2-20-15(23)12(16)11(13(19-20)22(26)27)8(6-17)14-18-9-5-7(21(24)25)3-4-10(9)28-14/h3-5,8H,2H2,1H3. The number of hydrogen-bond donors (Lipinski definition) is 0. The minimum absolute atomic E-state index is 0.0312. The predicted octanol–water partition coefficient (Wildman–Crippen LogP) is 2.53. The summed E-state index contributed by atoms with van der Waals surface area (Å²) in [5.74, 6) is -2.62. The smallest absolute Gasteiger partial charge is 0.395 e. The van der Waals surface area contributed by atoms with Crippen LogP contribution in [-0.4, -0.2) is 24.6 Å². The van der Waals surface area contributed by atoms with Crippen LogP contribution < -0.4 is 5.56 Å². The highest BCUT2D eigenvalue weighted by Crippen LogP contribution is 2.35. The van der Waals surface area contributed by atoms with E-state index in [2.05, 4.69) is 10.1 Å². The van der Waals surface area contributed by atoms with E-state index in [1.807, 2.05) is 0 Å². The van der Waals surface area contributed by atoms with Crippen LogP contribution in [0.4, 0.5) is 11.5 Å². The van der Waals surface area contributed by atoms with Gasteiger partial charge in [-0.25, -0.2) is 4.98 Å². The molecule has 1 atom stereocenters. The Kier molecular flexibility index (Phi) is 4.76. The fraction of sp³-hybridized carbons (Fsp3) is 0.200. The van der Waals surface area contributed by atoms with E-state index < -0.39 is 37.7 Å². The highest BCUT2D eigenvalue weighted by atomic mass is 35.5. The van der Waals surface area contributed by atoms with Crippen molar-refractivity contribution in [1.29, 1.82) is 5.26 Å². The van der Waals surface area contributed by atoms with Gasteiger partial charge < -0.3 is 14.5 Å². The van der Waals surface area contributed by atoms with E-state index in [0.717, 1.165) is 10.7 Å². The molecule has 1 unspecified atom stereocenters. The maximum atomic E-state index is 12.2. The second-order valence-corrected chi connectivity index (χ2v) is 5.83. The molecule has 3 rings (SSSR count). The third kappa shape index (κ3) is 3.03. The molecule has 3 aromatic rings. The van der Waals surface area contributed by atoms with Crippen LogP contribution in [0.2, 0.25) is 5.02 Å². The van der Waals surface area contributed by atoms with Crippen molar-refractivity contribution in [1.82, 2.24) is 14.8 Å². The average molecular weight is 405 g/mol. The summed E-state index contributed by atoms with van der Waals surface area (Å²) in [7, 11) is 0. The number of rotatable bonds is 5. The summed E-state index contributed by atoms with van der Waals surface area (Å²) in [5.41, 5.74) is -1.33. The van der Waals surface area contributed by atoms with E-state index in [4.69, 9.17) is 16.0 Å². The lowest BCUT2D eigenvalue weighted by Crippen LogP contribution is -2.26. The van der Waals surface area contributed by atoms with Crippen molar-refractivity contribution in [3.63, 3.8) is 0 Å².